The van der Waals surface area contributed by atoms with E-state index in [-0.39, 0.29) is 11.7 Å². The van der Waals surface area contributed by atoms with Crippen molar-refractivity contribution >= 4 is 22.2 Å². The van der Waals surface area contributed by atoms with Crippen molar-refractivity contribution in [2.75, 3.05) is 26.7 Å². The smallest absolute Gasteiger partial charge is 0.271 e. The fourth-order valence-corrected chi connectivity index (χ4v) is 3.94. The molecule has 1 saturated heterocycles. The van der Waals surface area contributed by atoms with Crippen LogP contribution in [-0.4, -0.2) is 57.8 Å². The molecule has 0 spiro atoms. The van der Waals surface area contributed by atoms with Crippen LogP contribution in [0.5, 0.6) is 0 Å². The SMILES string of the molecule is CC1CN(C(=O)c2csc3nc(-c4ccc(F)cc4)cn23)CCN1C. The van der Waals surface area contributed by atoms with Crippen LogP contribution in [0.1, 0.15) is 17.4 Å². The molecular formula is C18H19FN4OS. The maximum Gasteiger partial charge on any atom is 0.271 e. The molecule has 0 N–H and O–H groups in total. The average molecular weight is 358 g/mol. The Balaban J connectivity index is 1.64. The Kier molecular flexibility index (Phi) is 4.05. The quantitative estimate of drug-likeness (QED) is 0.707. The molecule has 7 heteroatoms. The molecule has 1 aromatic carbocycles. The van der Waals surface area contributed by atoms with Crippen molar-refractivity contribution in [2.45, 2.75) is 13.0 Å². The number of carbonyl (C=O) groups excluding carboxylic acids is 1. The van der Waals surface area contributed by atoms with Gasteiger partial charge in [-0.15, -0.1) is 11.3 Å². The van der Waals surface area contributed by atoms with Crippen LogP contribution >= 0.6 is 11.3 Å². The summed E-state index contributed by atoms with van der Waals surface area (Å²) in [6.45, 7) is 4.47. The van der Waals surface area contributed by atoms with Gasteiger partial charge in [-0.25, -0.2) is 9.37 Å². The molecule has 1 amide bonds. The van der Waals surface area contributed by atoms with Gasteiger partial charge in [0.25, 0.3) is 5.91 Å². The summed E-state index contributed by atoms with van der Waals surface area (Å²) in [5.74, 6) is -0.237. The molecule has 0 bridgehead atoms. The molecule has 0 aliphatic carbocycles. The number of fused-ring (bicyclic) bond motifs is 1. The molecule has 25 heavy (non-hydrogen) atoms. The van der Waals surface area contributed by atoms with E-state index in [9.17, 15) is 9.18 Å². The molecule has 0 radical (unpaired) electrons. The van der Waals surface area contributed by atoms with Gasteiger partial charge in [0.1, 0.15) is 11.5 Å². The molecule has 4 rings (SSSR count). The van der Waals surface area contributed by atoms with E-state index in [2.05, 4.69) is 23.9 Å². The van der Waals surface area contributed by atoms with E-state index in [0.717, 1.165) is 35.9 Å². The van der Waals surface area contributed by atoms with Gasteiger partial charge in [0.15, 0.2) is 4.96 Å². The summed E-state index contributed by atoms with van der Waals surface area (Å²) < 4.78 is 14.9. The molecule has 1 atom stereocenters. The van der Waals surface area contributed by atoms with Crippen LogP contribution in [0.4, 0.5) is 4.39 Å². The summed E-state index contributed by atoms with van der Waals surface area (Å²) in [4.78, 5) is 22.4. The number of amides is 1. The van der Waals surface area contributed by atoms with Gasteiger partial charge in [0.2, 0.25) is 0 Å². The first-order chi connectivity index (χ1) is 12.0. The fourth-order valence-electron chi connectivity index (χ4n) is 3.09. The van der Waals surface area contributed by atoms with E-state index < -0.39 is 0 Å². The van der Waals surface area contributed by atoms with Crippen LogP contribution in [0.3, 0.4) is 0 Å². The lowest BCUT2D eigenvalue weighted by atomic mass is 10.2. The van der Waals surface area contributed by atoms with Crippen LogP contribution in [-0.2, 0) is 0 Å². The second-order valence-electron chi connectivity index (χ2n) is 6.49. The first-order valence-electron chi connectivity index (χ1n) is 8.25. The number of aromatic nitrogens is 2. The van der Waals surface area contributed by atoms with Crippen molar-refractivity contribution in [1.29, 1.82) is 0 Å². The minimum absolute atomic E-state index is 0.0363. The maximum atomic E-state index is 13.1. The van der Waals surface area contributed by atoms with Crippen LogP contribution in [0.25, 0.3) is 16.2 Å². The lowest BCUT2D eigenvalue weighted by Gasteiger charge is -2.37. The number of piperazine rings is 1. The van der Waals surface area contributed by atoms with Crippen LogP contribution in [0, 0.1) is 5.82 Å². The number of hydrogen-bond acceptors (Lipinski definition) is 4. The summed E-state index contributed by atoms with van der Waals surface area (Å²) in [6, 6.07) is 6.59. The Hall–Kier alpha value is -2.25. The van der Waals surface area contributed by atoms with Gasteiger partial charge in [0, 0.05) is 42.8 Å². The lowest BCUT2D eigenvalue weighted by Crippen LogP contribution is -2.52. The molecule has 0 saturated carbocycles. The molecule has 1 unspecified atom stereocenters. The molecule has 1 fully saturated rings. The summed E-state index contributed by atoms with van der Waals surface area (Å²) in [5, 5.41) is 1.86. The normalized spacial score (nSPS) is 18.8. The molecule has 1 aliphatic heterocycles. The first kappa shape index (κ1) is 16.2. The third-order valence-electron chi connectivity index (χ3n) is 4.82. The molecule has 5 nitrogen and oxygen atoms in total. The summed E-state index contributed by atoms with van der Waals surface area (Å²) >= 11 is 1.45. The van der Waals surface area contributed by atoms with Gasteiger partial charge in [0.05, 0.1) is 5.69 Å². The summed E-state index contributed by atoms with van der Waals surface area (Å²) in [5.41, 5.74) is 2.22. The van der Waals surface area contributed by atoms with Gasteiger partial charge in [-0.1, -0.05) is 0 Å². The number of rotatable bonds is 2. The lowest BCUT2D eigenvalue weighted by molar-refractivity contribution is 0.0566. The highest BCUT2D eigenvalue weighted by atomic mass is 32.1. The third kappa shape index (κ3) is 2.94. The van der Waals surface area contributed by atoms with E-state index in [1.807, 2.05) is 20.9 Å². The van der Waals surface area contributed by atoms with Crippen molar-refractivity contribution in [2.24, 2.45) is 0 Å². The predicted molar refractivity (Wildman–Crippen MR) is 96.5 cm³/mol. The van der Waals surface area contributed by atoms with Crippen LogP contribution < -0.4 is 0 Å². The van der Waals surface area contributed by atoms with Gasteiger partial charge < -0.3 is 9.80 Å². The highest BCUT2D eigenvalue weighted by Crippen LogP contribution is 2.25. The second kappa shape index (κ2) is 6.24. The van der Waals surface area contributed by atoms with Crippen molar-refractivity contribution in [3.63, 3.8) is 0 Å². The Labute approximate surface area is 149 Å². The monoisotopic (exact) mass is 358 g/mol. The standard InChI is InChI=1S/C18H19FN4OS/c1-12-9-22(8-7-21(12)2)17(24)16-11-25-18-20-15(10-23(16)18)13-3-5-14(19)6-4-13/h3-6,10-12H,7-9H2,1-2H3. The van der Waals surface area contributed by atoms with Gasteiger partial charge >= 0.3 is 0 Å². The number of carbonyl (C=O) groups is 1. The van der Waals surface area contributed by atoms with Crippen molar-refractivity contribution in [3.05, 3.63) is 47.4 Å². The Morgan fingerprint density at radius 3 is 2.76 bits per heavy atom. The Bertz CT molecular complexity index is 917. The summed E-state index contributed by atoms with van der Waals surface area (Å²) in [6.07, 6.45) is 1.85. The first-order valence-corrected chi connectivity index (χ1v) is 9.13. The van der Waals surface area contributed by atoms with Crippen LogP contribution in [0.15, 0.2) is 35.8 Å². The van der Waals surface area contributed by atoms with Crippen molar-refractivity contribution < 1.29 is 9.18 Å². The van der Waals surface area contributed by atoms with E-state index in [0.29, 0.717) is 11.7 Å². The molecule has 1 aliphatic rings. The van der Waals surface area contributed by atoms with Gasteiger partial charge in [-0.3, -0.25) is 9.20 Å². The number of hydrogen-bond donors (Lipinski definition) is 0. The van der Waals surface area contributed by atoms with E-state index in [4.69, 9.17) is 0 Å². The topological polar surface area (TPSA) is 40.9 Å². The largest absolute Gasteiger partial charge is 0.334 e. The number of nitrogens with zero attached hydrogens (tertiary/aromatic N) is 4. The van der Waals surface area contributed by atoms with E-state index in [1.165, 1.54) is 23.5 Å². The molecule has 3 aromatic rings. The average Bonchev–Trinajstić information content (AvgIpc) is 3.18. The minimum atomic E-state index is -0.273. The fraction of sp³-hybridized carbons (Fsp3) is 0.333. The maximum absolute atomic E-state index is 13.1. The van der Waals surface area contributed by atoms with Gasteiger partial charge in [-0.2, -0.15) is 0 Å². The zero-order valence-corrected chi connectivity index (χ0v) is 15.0. The second-order valence-corrected chi connectivity index (χ2v) is 7.32. The number of imidazole rings is 1. The highest BCUT2D eigenvalue weighted by Gasteiger charge is 2.27. The van der Waals surface area contributed by atoms with Crippen molar-refractivity contribution in [3.8, 4) is 11.3 Å². The van der Waals surface area contributed by atoms with Gasteiger partial charge in [-0.05, 0) is 38.2 Å². The predicted octanol–water partition coefficient (Wildman–Crippen LogP) is 2.98. The summed E-state index contributed by atoms with van der Waals surface area (Å²) in [7, 11) is 2.08. The number of thiazole rings is 1. The van der Waals surface area contributed by atoms with Crippen molar-refractivity contribution in [1.82, 2.24) is 19.2 Å². The number of halogens is 1. The molecule has 2 aromatic heterocycles. The molecule has 130 valence electrons. The Morgan fingerprint density at radius 2 is 2.04 bits per heavy atom. The Morgan fingerprint density at radius 1 is 1.28 bits per heavy atom. The number of likely N-dealkylation sites (N-methyl/N-ethyl adjacent to an activating group) is 1. The third-order valence-corrected chi connectivity index (χ3v) is 5.65. The number of benzene rings is 1. The minimum Gasteiger partial charge on any atom is -0.334 e. The highest BCUT2D eigenvalue weighted by molar-refractivity contribution is 7.15. The molecule has 3 heterocycles. The zero-order chi connectivity index (χ0) is 17.6. The molecular weight excluding hydrogens is 339 g/mol. The van der Waals surface area contributed by atoms with E-state index >= 15 is 0 Å². The van der Waals surface area contributed by atoms with E-state index in [1.54, 1.807) is 12.1 Å². The van der Waals surface area contributed by atoms with Crippen LogP contribution in [0.2, 0.25) is 0 Å². The zero-order valence-electron chi connectivity index (χ0n) is 14.1.